The Kier molecular flexibility index (Phi) is 1.18. The largest absolute Gasteiger partial charge is 0.277 e. The highest BCUT2D eigenvalue weighted by molar-refractivity contribution is 5.81. The van der Waals surface area contributed by atoms with Crippen LogP contribution in [0.4, 0.5) is 4.39 Å². The van der Waals surface area contributed by atoms with E-state index in [9.17, 15) is 4.39 Å². The Labute approximate surface area is 63.0 Å². The van der Waals surface area contributed by atoms with E-state index in [1.807, 2.05) is 6.92 Å². The number of aromatic amines is 1. The van der Waals surface area contributed by atoms with E-state index in [0.717, 1.165) is 11.1 Å². The zero-order valence-electron chi connectivity index (χ0n) is 6.06. The molecule has 0 bridgehead atoms. The van der Waals surface area contributed by atoms with E-state index in [4.69, 9.17) is 0 Å². The van der Waals surface area contributed by atoms with Crippen molar-refractivity contribution in [3.63, 3.8) is 0 Å². The fraction of sp³-hybridized carbons (Fsp3) is 0.125. The molecule has 1 aromatic carbocycles. The monoisotopic (exact) mass is 150 g/mol. The van der Waals surface area contributed by atoms with Crippen molar-refractivity contribution in [3.05, 3.63) is 29.7 Å². The number of hydrogen-bond acceptors (Lipinski definition) is 1. The molecule has 0 aliphatic heterocycles. The van der Waals surface area contributed by atoms with Gasteiger partial charge in [0.1, 0.15) is 5.82 Å². The second-order valence-electron chi connectivity index (χ2n) is 2.52. The second-order valence-corrected chi connectivity index (χ2v) is 2.52. The van der Waals surface area contributed by atoms with E-state index < -0.39 is 0 Å². The van der Waals surface area contributed by atoms with Gasteiger partial charge in [-0.2, -0.15) is 5.10 Å². The molecule has 1 N–H and O–H groups in total. The van der Waals surface area contributed by atoms with Gasteiger partial charge in [0.15, 0.2) is 0 Å². The molecule has 0 unspecified atom stereocenters. The van der Waals surface area contributed by atoms with Crippen LogP contribution in [0.1, 0.15) is 5.56 Å². The number of nitrogens with one attached hydrogen (secondary N) is 1. The summed E-state index contributed by atoms with van der Waals surface area (Å²) < 4.78 is 12.9. The number of aryl methyl sites for hydroxylation is 1. The van der Waals surface area contributed by atoms with Gasteiger partial charge in [0.05, 0.1) is 17.1 Å². The van der Waals surface area contributed by atoms with Gasteiger partial charge in [0.2, 0.25) is 0 Å². The Bertz CT molecular complexity index is 356. The molecule has 0 aliphatic rings. The molecule has 11 heavy (non-hydrogen) atoms. The number of nitrogens with zero attached hydrogens (tertiary/aromatic N) is 1. The summed E-state index contributed by atoms with van der Waals surface area (Å²) in [6, 6.07) is 3.18. The fourth-order valence-corrected chi connectivity index (χ4v) is 1.14. The SMILES string of the molecule is Cc1ccc(F)c2cn[nH]c12. The minimum absolute atomic E-state index is 0.223. The van der Waals surface area contributed by atoms with Gasteiger partial charge >= 0.3 is 0 Å². The molecule has 1 heterocycles. The molecule has 0 amide bonds. The lowest BCUT2D eigenvalue weighted by Gasteiger charge is -1.94. The quantitative estimate of drug-likeness (QED) is 0.611. The van der Waals surface area contributed by atoms with E-state index in [0.29, 0.717) is 5.39 Å². The number of benzene rings is 1. The van der Waals surface area contributed by atoms with Crippen LogP contribution in [0.2, 0.25) is 0 Å². The summed E-state index contributed by atoms with van der Waals surface area (Å²) in [7, 11) is 0. The summed E-state index contributed by atoms with van der Waals surface area (Å²) in [4.78, 5) is 0. The van der Waals surface area contributed by atoms with Crippen molar-refractivity contribution in [3.8, 4) is 0 Å². The van der Waals surface area contributed by atoms with Gasteiger partial charge in [-0.15, -0.1) is 0 Å². The lowest BCUT2D eigenvalue weighted by molar-refractivity contribution is 0.639. The number of H-pyrrole nitrogens is 1. The van der Waals surface area contributed by atoms with Gasteiger partial charge in [-0.25, -0.2) is 4.39 Å². The molecule has 0 fully saturated rings. The number of rotatable bonds is 0. The van der Waals surface area contributed by atoms with E-state index in [2.05, 4.69) is 10.2 Å². The molecule has 0 saturated heterocycles. The third kappa shape index (κ3) is 0.808. The summed E-state index contributed by atoms with van der Waals surface area (Å²) in [5.74, 6) is -0.223. The average molecular weight is 150 g/mol. The van der Waals surface area contributed by atoms with Crippen molar-refractivity contribution < 1.29 is 4.39 Å². The number of halogens is 1. The molecule has 56 valence electrons. The summed E-state index contributed by atoms with van der Waals surface area (Å²) >= 11 is 0. The molecule has 0 radical (unpaired) electrons. The van der Waals surface area contributed by atoms with Crippen LogP contribution >= 0.6 is 0 Å². The lowest BCUT2D eigenvalue weighted by atomic mass is 10.2. The first-order valence-corrected chi connectivity index (χ1v) is 3.37. The second kappa shape index (κ2) is 2.05. The average Bonchev–Trinajstić information content (AvgIpc) is 2.45. The molecule has 0 aliphatic carbocycles. The number of fused-ring (bicyclic) bond motifs is 1. The predicted octanol–water partition coefficient (Wildman–Crippen LogP) is 2.01. The first kappa shape index (κ1) is 6.34. The fourth-order valence-electron chi connectivity index (χ4n) is 1.14. The van der Waals surface area contributed by atoms with Crippen molar-refractivity contribution >= 4 is 10.9 Å². The van der Waals surface area contributed by atoms with Crippen molar-refractivity contribution in [1.82, 2.24) is 10.2 Å². The molecule has 2 aromatic rings. The molecular weight excluding hydrogens is 143 g/mol. The standard InChI is InChI=1S/C8H7FN2/c1-5-2-3-7(9)6-4-10-11-8(5)6/h2-4H,1H3,(H,10,11). The van der Waals surface area contributed by atoms with Gasteiger partial charge in [-0.3, -0.25) is 5.10 Å². The molecular formula is C8H7FN2. The van der Waals surface area contributed by atoms with Crippen LogP contribution in [-0.4, -0.2) is 10.2 Å². The Morgan fingerprint density at radius 1 is 1.45 bits per heavy atom. The smallest absolute Gasteiger partial charge is 0.134 e. The minimum Gasteiger partial charge on any atom is -0.277 e. The zero-order valence-corrected chi connectivity index (χ0v) is 6.06. The van der Waals surface area contributed by atoms with Crippen molar-refractivity contribution in [2.75, 3.05) is 0 Å². The number of hydrogen-bond donors (Lipinski definition) is 1. The van der Waals surface area contributed by atoms with E-state index in [1.165, 1.54) is 12.3 Å². The predicted molar refractivity (Wildman–Crippen MR) is 40.8 cm³/mol. The maximum Gasteiger partial charge on any atom is 0.134 e. The first-order valence-electron chi connectivity index (χ1n) is 3.37. The maximum absolute atomic E-state index is 12.9. The highest BCUT2D eigenvalue weighted by Crippen LogP contribution is 2.17. The molecule has 3 heteroatoms. The summed E-state index contributed by atoms with van der Waals surface area (Å²) in [5, 5.41) is 7.06. The van der Waals surface area contributed by atoms with Crippen LogP contribution in [0, 0.1) is 12.7 Å². The van der Waals surface area contributed by atoms with Crippen LogP contribution in [0.3, 0.4) is 0 Å². The summed E-state index contributed by atoms with van der Waals surface area (Å²) in [6.45, 7) is 1.92. The molecule has 2 rings (SSSR count). The van der Waals surface area contributed by atoms with Crippen molar-refractivity contribution in [1.29, 1.82) is 0 Å². The zero-order chi connectivity index (χ0) is 7.84. The number of aromatic nitrogens is 2. The van der Waals surface area contributed by atoms with E-state index >= 15 is 0 Å². The van der Waals surface area contributed by atoms with Crippen LogP contribution in [-0.2, 0) is 0 Å². The van der Waals surface area contributed by atoms with E-state index in [-0.39, 0.29) is 5.82 Å². The summed E-state index contributed by atoms with van der Waals surface area (Å²) in [6.07, 6.45) is 1.50. The van der Waals surface area contributed by atoms with Crippen LogP contribution in [0.5, 0.6) is 0 Å². The molecule has 1 aromatic heterocycles. The summed E-state index contributed by atoms with van der Waals surface area (Å²) in [5.41, 5.74) is 1.80. The Morgan fingerprint density at radius 3 is 3.00 bits per heavy atom. The minimum atomic E-state index is -0.223. The Hall–Kier alpha value is -1.38. The van der Waals surface area contributed by atoms with Crippen LogP contribution in [0.15, 0.2) is 18.3 Å². The highest BCUT2D eigenvalue weighted by atomic mass is 19.1. The first-order chi connectivity index (χ1) is 5.29. The topological polar surface area (TPSA) is 28.7 Å². The van der Waals surface area contributed by atoms with Gasteiger partial charge in [-0.05, 0) is 18.6 Å². The van der Waals surface area contributed by atoms with Crippen molar-refractivity contribution in [2.24, 2.45) is 0 Å². The van der Waals surface area contributed by atoms with Gasteiger partial charge in [0, 0.05) is 0 Å². The molecule has 2 nitrogen and oxygen atoms in total. The normalized spacial score (nSPS) is 10.7. The third-order valence-corrected chi connectivity index (χ3v) is 1.77. The third-order valence-electron chi connectivity index (χ3n) is 1.77. The Balaban J connectivity index is 2.96. The van der Waals surface area contributed by atoms with Gasteiger partial charge in [-0.1, -0.05) is 6.07 Å². The lowest BCUT2D eigenvalue weighted by Crippen LogP contribution is -1.79. The van der Waals surface area contributed by atoms with Gasteiger partial charge < -0.3 is 0 Å². The molecule has 0 atom stereocenters. The highest BCUT2D eigenvalue weighted by Gasteiger charge is 2.03. The van der Waals surface area contributed by atoms with Crippen molar-refractivity contribution in [2.45, 2.75) is 6.92 Å². The molecule has 0 saturated carbocycles. The Morgan fingerprint density at radius 2 is 2.27 bits per heavy atom. The van der Waals surface area contributed by atoms with Crippen LogP contribution < -0.4 is 0 Å². The maximum atomic E-state index is 12.9. The van der Waals surface area contributed by atoms with Crippen LogP contribution in [0.25, 0.3) is 10.9 Å². The van der Waals surface area contributed by atoms with E-state index in [1.54, 1.807) is 6.07 Å². The van der Waals surface area contributed by atoms with Gasteiger partial charge in [0.25, 0.3) is 0 Å². The molecule has 0 spiro atoms.